The molecule has 0 radical (unpaired) electrons. The molecule has 0 unspecified atom stereocenters. The van der Waals surface area contributed by atoms with Crippen molar-refractivity contribution in [1.29, 1.82) is 0 Å². The normalized spacial score (nSPS) is 19.8. The summed E-state index contributed by atoms with van der Waals surface area (Å²) < 4.78 is 7.24. The van der Waals surface area contributed by atoms with Gasteiger partial charge in [0.2, 0.25) is 6.23 Å². The molecular weight excluding hydrogens is 434 g/mol. The van der Waals surface area contributed by atoms with Gasteiger partial charge in [-0.05, 0) is 23.8 Å². The molecule has 0 N–H and O–H groups in total. The molecule has 2 atom stereocenters. The van der Waals surface area contributed by atoms with Crippen LogP contribution in [-0.2, 0) is 0 Å². The van der Waals surface area contributed by atoms with Crippen molar-refractivity contribution in [3.05, 3.63) is 104 Å². The number of nitro benzene ring substituents is 1. The van der Waals surface area contributed by atoms with Gasteiger partial charge in [0.15, 0.2) is 0 Å². The van der Waals surface area contributed by atoms with Gasteiger partial charge in [-0.15, -0.1) is 0 Å². The first kappa shape index (κ1) is 17.9. The third-order valence-corrected chi connectivity index (χ3v) is 5.72. The van der Waals surface area contributed by atoms with E-state index in [4.69, 9.17) is 9.84 Å². The van der Waals surface area contributed by atoms with E-state index in [1.54, 1.807) is 12.1 Å². The van der Waals surface area contributed by atoms with Crippen LogP contribution in [0.2, 0.25) is 0 Å². The number of benzene rings is 3. The van der Waals surface area contributed by atoms with Crippen LogP contribution in [0.25, 0.3) is 0 Å². The van der Waals surface area contributed by atoms with E-state index in [2.05, 4.69) is 15.9 Å². The van der Waals surface area contributed by atoms with Crippen molar-refractivity contribution < 1.29 is 9.66 Å². The van der Waals surface area contributed by atoms with E-state index in [-0.39, 0.29) is 16.7 Å². The monoisotopic (exact) mass is 449 g/mol. The summed E-state index contributed by atoms with van der Waals surface area (Å²) in [6, 6.07) is 22.6. The number of nitro groups is 1. The van der Waals surface area contributed by atoms with Gasteiger partial charge in [0.05, 0.1) is 16.7 Å². The van der Waals surface area contributed by atoms with Crippen LogP contribution in [0.15, 0.2) is 82.4 Å². The Kier molecular flexibility index (Phi) is 4.32. The topological polar surface area (TPSA) is 68.0 Å². The molecule has 0 saturated carbocycles. The maximum Gasteiger partial charge on any atom is 0.270 e. The molecule has 0 aromatic heterocycles. The Hall–Kier alpha value is -3.19. The smallest absolute Gasteiger partial charge is 0.270 e. The second-order valence-corrected chi connectivity index (χ2v) is 7.93. The van der Waals surface area contributed by atoms with Crippen molar-refractivity contribution in [1.82, 2.24) is 5.01 Å². The van der Waals surface area contributed by atoms with E-state index in [0.29, 0.717) is 12.2 Å². The highest BCUT2D eigenvalue weighted by molar-refractivity contribution is 9.10. The molecule has 0 aliphatic carbocycles. The Morgan fingerprint density at radius 1 is 1.07 bits per heavy atom. The lowest BCUT2D eigenvalue weighted by Gasteiger charge is -2.38. The van der Waals surface area contributed by atoms with Crippen LogP contribution in [-0.4, -0.2) is 15.6 Å². The number of non-ortho nitro benzene ring substituents is 1. The third-order valence-electron chi connectivity index (χ3n) is 5.23. The molecule has 2 heterocycles. The Morgan fingerprint density at radius 3 is 2.66 bits per heavy atom. The summed E-state index contributed by atoms with van der Waals surface area (Å²) in [5.41, 5.74) is 3.80. The SMILES string of the molecule is O=[N+]([O-])c1ccc2c(c1)[C@@H]1CC(c3ccccc3)=NN1[C@@H](c1cccc(Br)c1)O2. The number of hydrogen-bond acceptors (Lipinski definition) is 5. The first-order valence-corrected chi connectivity index (χ1v) is 10.0. The largest absolute Gasteiger partial charge is 0.464 e. The van der Waals surface area contributed by atoms with E-state index < -0.39 is 6.23 Å². The summed E-state index contributed by atoms with van der Waals surface area (Å²) in [6.45, 7) is 0. The van der Waals surface area contributed by atoms with E-state index in [1.807, 2.05) is 59.6 Å². The van der Waals surface area contributed by atoms with Crippen molar-refractivity contribution in [2.45, 2.75) is 18.7 Å². The number of hydrazone groups is 1. The van der Waals surface area contributed by atoms with Gasteiger partial charge in [-0.1, -0.05) is 58.4 Å². The fourth-order valence-corrected chi connectivity index (χ4v) is 4.29. The molecule has 5 rings (SSSR count). The average molecular weight is 450 g/mol. The standard InChI is InChI=1S/C22H16BrN3O3/c23-16-8-4-7-15(11-16)22-25-20(13-19(24-25)14-5-2-1-3-6-14)18-12-17(26(27)28)9-10-21(18)29-22/h1-12,20,22H,13H2/t20-,22+/m0/s1. The number of rotatable bonds is 3. The first-order chi connectivity index (χ1) is 14.1. The molecule has 0 bridgehead atoms. The molecule has 2 aliphatic rings. The predicted octanol–water partition coefficient (Wildman–Crippen LogP) is 5.60. The van der Waals surface area contributed by atoms with Crippen LogP contribution in [0.3, 0.4) is 0 Å². The highest BCUT2D eigenvalue weighted by Gasteiger charge is 2.41. The van der Waals surface area contributed by atoms with Gasteiger partial charge in [-0.25, -0.2) is 5.01 Å². The van der Waals surface area contributed by atoms with Gasteiger partial charge in [-0.2, -0.15) is 5.10 Å². The average Bonchev–Trinajstić information content (AvgIpc) is 3.19. The van der Waals surface area contributed by atoms with Gasteiger partial charge in [0.25, 0.3) is 5.69 Å². The minimum Gasteiger partial charge on any atom is -0.464 e. The van der Waals surface area contributed by atoms with E-state index in [9.17, 15) is 10.1 Å². The number of fused-ring (bicyclic) bond motifs is 3. The molecule has 6 nitrogen and oxygen atoms in total. The van der Waals surface area contributed by atoms with Gasteiger partial charge in [0, 0.05) is 34.2 Å². The molecule has 0 saturated heterocycles. The maximum atomic E-state index is 11.3. The molecule has 3 aromatic carbocycles. The van der Waals surface area contributed by atoms with Gasteiger partial charge in [-0.3, -0.25) is 10.1 Å². The third kappa shape index (κ3) is 3.17. The van der Waals surface area contributed by atoms with Crippen LogP contribution in [0.1, 0.15) is 35.4 Å². The van der Waals surface area contributed by atoms with Gasteiger partial charge in [0.1, 0.15) is 5.75 Å². The summed E-state index contributed by atoms with van der Waals surface area (Å²) in [5, 5.41) is 18.1. The number of nitrogens with zero attached hydrogens (tertiary/aromatic N) is 3. The van der Waals surface area contributed by atoms with E-state index in [0.717, 1.165) is 26.9 Å². The zero-order valence-corrected chi connectivity index (χ0v) is 16.8. The number of hydrogen-bond donors (Lipinski definition) is 0. The molecule has 0 amide bonds. The maximum absolute atomic E-state index is 11.3. The van der Waals surface area contributed by atoms with Crippen LogP contribution in [0.5, 0.6) is 5.75 Å². The summed E-state index contributed by atoms with van der Waals surface area (Å²) in [4.78, 5) is 10.9. The van der Waals surface area contributed by atoms with Crippen molar-refractivity contribution in [3.63, 3.8) is 0 Å². The van der Waals surface area contributed by atoms with Crippen LogP contribution < -0.4 is 4.74 Å². The Labute approximate surface area is 175 Å². The molecular formula is C22H16BrN3O3. The number of halogens is 1. The molecule has 144 valence electrons. The minimum atomic E-state index is -0.410. The molecule has 0 spiro atoms. The predicted molar refractivity (Wildman–Crippen MR) is 113 cm³/mol. The van der Waals surface area contributed by atoms with Crippen molar-refractivity contribution in [2.24, 2.45) is 5.10 Å². The molecule has 0 fully saturated rings. The van der Waals surface area contributed by atoms with Crippen molar-refractivity contribution >= 4 is 27.3 Å². The summed E-state index contributed by atoms with van der Waals surface area (Å²) in [5.74, 6) is 0.659. The van der Waals surface area contributed by atoms with Gasteiger partial charge >= 0.3 is 0 Å². The Bertz CT molecular complexity index is 1130. The fourth-order valence-electron chi connectivity index (χ4n) is 3.87. The van der Waals surface area contributed by atoms with Crippen molar-refractivity contribution in [2.75, 3.05) is 0 Å². The van der Waals surface area contributed by atoms with E-state index >= 15 is 0 Å². The second-order valence-electron chi connectivity index (χ2n) is 7.02. The minimum absolute atomic E-state index is 0.0568. The summed E-state index contributed by atoms with van der Waals surface area (Å²) >= 11 is 3.52. The molecule has 7 heteroatoms. The highest BCUT2D eigenvalue weighted by Crippen LogP contribution is 2.48. The number of ether oxygens (including phenoxy) is 1. The van der Waals surface area contributed by atoms with Crippen LogP contribution in [0.4, 0.5) is 5.69 Å². The van der Waals surface area contributed by atoms with E-state index in [1.165, 1.54) is 6.07 Å². The van der Waals surface area contributed by atoms with Crippen LogP contribution in [0, 0.1) is 10.1 Å². The second kappa shape index (κ2) is 7.00. The quantitative estimate of drug-likeness (QED) is 0.385. The molecule has 29 heavy (non-hydrogen) atoms. The lowest BCUT2D eigenvalue weighted by Crippen LogP contribution is -2.33. The lowest BCUT2D eigenvalue weighted by atomic mass is 9.95. The summed E-state index contributed by atoms with van der Waals surface area (Å²) in [6.07, 6.45) is 0.249. The Balaban J connectivity index is 1.62. The summed E-state index contributed by atoms with van der Waals surface area (Å²) in [7, 11) is 0. The van der Waals surface area contributed by atoms with Crippen molar-refractivity contribution in [3.8, 4) is 5.75 Å². The van der Waals surface area contributed by atoms with Crippen LogP contribution >= 0.6 is 15.9 Å². The first-order valence-electron chi connectivity index (χ1n) is 9.22. The molecule has 3 aromatic rings. The molecule has 2 aliphatic heterocycles. The van der Waals surface area contributed by atoms with Gasteiger partial charge < -0.3 is 4.74 Å². The zero-order chi connectivity index (χ0) is 20.0. The Morgan fingerprint density at radius 2 is 1.90 bits per heavy atom. The lowest BCUT2D eigenvalue weighted by molar-refractivity contribution is -0.385. The highest BCUT2D eigenvalue weighted by atomic mass is 79.9. The fraction of sp³-hybridized carbons (Fsp3) is 0.136. The zero-order valence-electron chi connectivity index (χ0n) is 15.2.